The summed E-state index contributed by atoms with van der Waals surface area (Å²) in [6, 6.07) is 2.88. The lowest BCUT2D eigenvalue weighted by molar-refractivity contribution is -0.150. The second-order valence-corrected chi connectivity index (χ2v) is 8.05. The fourth-order valence-corrected chi connectivity index (χ4v) is 5.42. The van der Waals surface area contributed by atoms with E-state index >= 15 is 0 Å². The number of ether oxygens (including phenoxy) is 1. The van der Waals surface area contributed by atoms with Gasteiger partial charge >= 0.3 is 0 Å². The van der Waals surface area contributed by atoms with E-state index in [1.807, 2.05) is 11.3 Å². The van der Waals surface area contributed by atoms with Crippen molar-refractivity contribution in [2.45, 2.75) is 64.1 Å². The lowest BCUT2D eigenvalue weighted by Gasteiger charge is -2.58. The lowest BCUT2D eigenvalue weighted by atomic mass is 9.55. The molecule has 1 N–H and O–H groups in total. The molecule has 1 aromatic rings. The molecule has 0 aliphatic heterocycles. The van der Waals surface area contributed by atoms with Crippen LogP contribution >= 0.6 is 27.3 Å². The smallest absolute Gasteiger partial charge is 0.0661 e. The summed E-state index contributed by atoms with van der Waals surface area (Å²) in [7, 11) is 0. The van der Waals surface area contributed by atoms with Gasteiger partial charge < -0.3 is 10.1 Å². The Bertz CT molecular complexity index is 441. The van der Waals surface area contributed by atoms with Crippen LogP contribution in [0.1, 0.15) is 50.3 Å². The number of thiophene rings is 1. The standard InChI is InChI=1S/C16H24BrNOS/c1-2-19-15-9-14(16(15)6-4-3-5-7-16)18-10-13-8-12(17)11-20-13/h8,11,14-15,18H,2-7,9-10H2,1H3. The van der Waals surface area contributed by atoms with E-state index in [2.05, 4.69) is 39.6 Å². The molecule has 2 fully saturated rings. The van der Waals surface area contributed by atoms with E-state index < -0.39 is 0 Å². The summed E-state index contributed by atoms with van der Waals surface area (Å²) >= 11 is 5.36. The molecule has 0 amide bonds. The van der Waals surface area contributed by atoms with Crippen LogP contribution in [0.5, 0.6) is 0 Å². The Kier molecular flexibility index (Phi) is 4.86. The van der Waals surface area contributed by atoms with Gasteiger partial charge in [0.15, 0.2) is 0 Å². The van der Waals surface area contributed by atoms with Gasteiger partial charge in [0, 0.05) is 39.3 Å². The minimum absolute atomic E-state index is 0.433. The highest BCUT2D eigenvalue weighted by atomic mass is 79.9. The monoisotopic (exact) mass is 357 g/mol. The van der Waals surface area contributed by atoms with E-state index in [0.29, 0.717) is 17.6 Å². The van der Waals surface area contributed by atoms with Gasteiger partial charge in [-0.1, -0.05) is 19.3 Å². The molecule has 0 aromatic carbocycles. The van der Waals surface area contributed by atoms with E-state index in [9.17, 15) is 0 Å². The Balaban J connectivity index is 1.61. The second-order valence-electron chi connectivity index (χ2n) is 6.14. The number of halogens is 1. The highest BCUT2D eigenvalue weighted by Crippen LogP contribution is 2.53. The van der Waals surface area contributed by atoms with Crippen LogP contribution in [0.4, 0.5) is 0 Å². The van der Waals surface area contributed by atoms with Gasteiger partial charge in [0.2, 0.25) is 0 Å². The predicted octanol–water partition coefficient (Wildman–Crippen LogP) is 4.73. The molecule has 1 spiro atoms. The molecule has 0 radical (unpaired) electrons. The summed E-state index contributed by atoms with van der Waals surface area (Å²) in [5.74, 6) is 0. The van der Waals surface area contributed by atoms with Gasteiger partial charge in [-0.25, -0.2) is 0 Å². The summed E-state index contributed by atoms with van der Waals surface area (Å²) < 4.78 is 7.21. The van der Waals surface area contributed by atoms with Crippen molar-refractivity contribution < 1.29 is 4.74 Å². The first kappa shape index (κ1) is 15.0. The van der Waals surface area contributed by atoms with Gasteiger partial charge in [-0.2, -0.15) is 0 Å². The average molecular weight is 358 g/mol. The van der Waals surface area contributed by atoms with Crippen molar-refractivity contribution in [1.29, 1.82) is 0 Å². The zero-order valence-corrected chi connectivity index (χ0v) is 14.6. The highest BCUT2D eigenvalue weighted by molar-refractivity contribution is 9.10. The Morgan fingerprint density at radius 3 is 2.85 bits per heavy atom. The molecule has 2 nitrogen and oxygen atoms in total. The van der Waals surface area contributed by atoms with Gasteiger partial charge in [0.05, 0.1) is 6.10 Å². The summed E-state index contributed by atoms with van der Waals surface area (Å²) in [5, 5.41) is 5.97. The fourth-order valence-electron chi connectivity index (χ4n) is 4.02. The molecule has 1 aromatic heterocycles. The number of nitrogens with one attached hydrogen (secondary N) is 1. The molecule has 2 saturated carbocycles. The first-order chi connectivity index (χ1) is 9.74. The van der Waals surface area contributed by atoms with Crippen molar-refractivity contribution in [3.63, 3.8) is 0 Å². The SMILES string of the molecule is CCOC1CC(NCc2cc(Br)cs2)C12CCCCC2. The van der Waals surface area contributed by atoms with Crippen LogP contribution in [0.3, 0.4) is 0 Å². The lowest BCUT2D eigenvalue weighted by Crippen LogP contribution is -2.64. The summed E-state index contributed by atoms with van der Waals surface area (Å²) in [5.41, 5.74) is 0.433. The maximum atomic E-state index is 6.01. The van der Waals surface area contributed by atoms with Gasteiger partial charge in [0.1, 0.15) is 0 Å². The molecular formula is C16H24BrNOS. The molecule has 2 unspecified atom stereocenters. The van der Waals surface area contributed by atoms with Crippen molar-refractivity contribution in [2.75, 3.05) is 6.61 Å². The minimum atomic E-state index is 0.433. The predicted molar refractivity (Wildman–Crippen MR) is 88.2 cm³/mol. The van der Waals surface area contributed by atoms with Crippen molar-refractivity contribution in [3.05, 3.63) is 20.8 Å². The molecule has 112 valence electrons. The summed E-state index contributed by atoms with van der Waals surface area (Å²) in [4.78, 5) is 1.42. The molecule has 20 heavy (non-hydrogen) atoms. The third kappa shape index (κ3) is 2.85. The maximum Gasteiger partial charge on any atom is 0.0661 e. The topological polar surface area (TPSA) is 21.3 Å². The van der Waals surface area contributed by atoms with Crippen LogP contribution in [-0.4, -0.2) is 18.8 Å². The first-order valence-electron chi connectivity index (χ1n) is 7.82. The zero-order chi connectivity index (χ0) is 14.0. The van der Waals surface area contributed by atoms with E-state index in [0.717, 1.165) is 13.2 Å². The van der Waals surface area contributed by atoms with Crippen molar-refractivity contribution in [2.24, 2.45) is 5.41 Å². The van der Waals surface area contributed by atoms with Crippen LogP contribution in [0.2, 0.25) is 0 Å². The molecule has 1 heterocycles. The Morgan fingerprint density at radius 1 is 1.40 bits per heavy atom. The summed E-state index contributed by atoms with van der Waals surface area (Å²) in [6.45, 7) is 3.99. The number of rotatable bonds is 5. The first-order valence-corrected chi connectivity index (χ1v) is 9.50. The molecule has 0 bridgehead atoms. The molecule has 2 aliphatic rings. The third-order valence-corrected chi connectivity index (χ3v) is 6.78. The molecule has 4 heteroatoms. The average Bonchev–Trinajstić information content (AvgIpc) is 2.88. The largest absolute Gasteiger partial charge is 0.378 e. The second kappa shape index (κ2) is 6.47. The quantitative estimate of drug-likeness (QED) is 0.822. The van der Waals surface area contributed by atoms with E-state index in [4.69, 9.17) is 4.74 Å². The Labute approximate surface area is 134 Å². The molecular weight excluding hydrogens is 334 g/mol. The van der Waals surface area contributed by atoms with Gasteiger partial charge in [-0.05, 0) is 48.2 Å². The van der Waals surface area contributed by atoms with E-state index in [1.54, 1.807) is 0 Å². The van der Waals surface area contributed by atoms with Crippen molar-refractivity contribution in [3.8, 4) is 0 Å². The molecule has 2 atom stereocenters. The van der Waals surface area contributed by atoms with Crippen LogP contribution < -0.4 is 5.32 Å². The third-order valence-electron chi connectivity index (χ3n) is 5.08. The molecule has 2 aliphatic carbocycles. The van der Waals surface area contributed by atoms with Crippen molar-refractivity contribution >= 4 is 27.3 Å². The Morgan fingerprint density at radius 2 is 2.20 bits per heavy atom. The zero-order valence-electron chi connectivity index (χ0n) is 12.2. The summed E-state index contributed by atoms with van der Waals surface area (Å²) in [6.07, 6.45) is 8.57. The van der Waals surface area contributed by atoms with Crippen LogP contribution in [0.15, 0.2) is 15.9 Å². The number of hydrogen-bond donors (Lipinski definition) is 1. The van der Waals surface area contributed by atoms with Crippen molar-refractivity contribution in [1.82, 2.24) is 5.32 Å². The van der Waals surface area contributed by atoms with Crippen LogP contribution in [0.25, 0.3) is 0 Å². The minimum Gasteiger partial charge on any atom is -0.378 e. The Hall–Kier alpha value is 0.1000. The van der Waals surface area contributed by atoms with Gasteiger partial charge in [-0.3, -0.25) is 0 Å². The normalized spacial score (nSPS) is 28.5. The molecule has 0 saturated heterocycles. The number of hydrogen-bond acceptors (Lipinski definition) is 3. The van der Waals surface area contributed by atoms with E-state index in [-0.39, 0.29) is 0 Å². The van der Waals surface area contributed by atoms with Gasteiger partial charge in [-0.15, -0.1) is 11.3 Å². The highest BCUT2D eigenvalue weighted by Gasteiger charge is 2.55. The molecule has 3 rings (SSSR count). The van der Waals surface area contributed by atoms with E-state index in [1.165, 1.54) is 47.9 Å². The van der Waals surface area contributed by atoms with Crippen LogP contribution in [0, 0.1) is 5.41 Å². The van der Waals surface area contributed by atoms with Gasteiger partial charge in [0.25, 0.3) is 0 Å². The fraction of sp³-hybridized carbons (Fsp3) is 0.750. The van der Waals surface area contributed by atoms with Crippen LogP contribution in [-0.2, 0) is 11.3 Å². The maximum absolute atomic E-state index is 6.01.